The molecule has 1 rings (SSSR count). The fraction of sp³-hybridized carbons (Fsp3) is 0.455. The zero-order chi connectivity index (χ0) is 11.8. The van der Waals surface area contributed by atoms with Crippen molar-refractivity contribution in [3.63, 3.8) is 0 Å². The molecule has 0 unspecified atom stereocenters. The first-order valence-electron chi connectivity index (χ1n) is 5.11. The predicted octanol–water partition coefficient (Wildman–Crippen LogP) is 0.638. The Kier molecular flexibility index (Phi) is 5.45. The Morgan fingerprint density at radius 1 is 1.44 bits per heavy atom. The van der Waals surface area contributed by atoms with Gasteiger partial charge in [0, 0.05) is 24.4 Å². The maximum absolute atomic E-state index is 11.1. The fourth-order valence-electron chi connectivity index (χ4n) is 1.10. The van der Waals surface area contributed by atoms with Crippen LogP contribution >= 0.6 is 0 Å². The monoisotopic (exact) mass is 224 g/mol. The summed E-state index contributed by atoms with van der Waals surface area (Å²) in [5.41, 5.74) is 5.85. The molecule has 0 aliphatic carbocycles. The molecule has 0 radical (unpaired) electrons. The van der Waals surface area contributed by atoms with Crippen molar-refractivity contribution in [2.75, 3.05) is 26.4 Å². The van der Waals surface area contributed by atoms with Crippen LogP contribution in [0.2, 0.25) is 0 Å². The standard InChI is InChI=1S/C11H16N2O3/c1-9(14)10-2-4-13-11(8-10)16-7-6-15-5-3-12/h2,4,8H,3,5-7,12H2,1H3. The molecule has 0 aliphatic rings. The number of Topliss-reactive ketones (excluding diaryl/α,β-unsaturated/α-hetero) is 1. The molecular formula is C11H16N2O3. The van der Waals surface area contributed by atoms with Gasteiger partial charge < -0.3 is 15.2 Å². The third kappa shape index (κ3) is 4.37. The summed E-state index contributed by atoms with van der Waals surface area (Å²) in [6.07, 6.45) is 1.55. The second kappa shape index (κ2) is 6.92. The lowest BCUT2D eigenvalue weighted by Gasteiger charge is -2.06. The van der Waals surface area contributed by atoms with Crippen molar-refractivity contribution in [1.29, 1.82) is 0 Å². The molecule has 0 amide bonds. The van der Waals surface area contributed by atoms with Crippen LogP contribution in [0.5, 0.6) is 5.88 Å². The van der Waals surface area contributed by atoms with Gasteiger partial charge in [-0.1, -0.05) is 0 Å². The van der Waals surface area contributed by atoms with Crippen molar-refractivity contribution >= 4 is 5.78 Å². The third-order valence-electron chi connectivity index (χ3n) is 1.88. The van der Waals surface area contributed by atoms with Crippen LogP contribution in [0.4, 0.5) is 0 Å². The second-order valence-electron chi connectivity index (χ2n) is 3.19. The molecule has 16 heavy (non-hydrogen) atoms. The maximum Gasteiger partial charge on any atom is 0.213 e. The number of rotatable bonds is 7. The van der Waals surface area contributed by atoms with Gasteiger partial charge in [-0.05, 0) is 13.0 Å². The van der Waals surface area contributed by atoms with Crippen molar-refractivity contribution < 1.29 is 14.3 Å². The largest absolute Gasteiger partial charge is 0.475 e. The summed E-state index contributed by atoms with van der Waals surface area (Å²) >= 11 is 0. The molecule has 0 aliphatic heterocycles. The molecule has 5 nitrogen and oxygen atoms in total. The molecule has 0 saturated carbocycles. The van der Waals surface area contributed by atoms with Crippen LogP contribution < -0.4 is 10.5 Å². The fourth-order valence-corrected chi connectivity index (χ4v) is 1.10. The Bertz CT molecular complexity index is 342. The smallest absolute Gasteiger partial charge is 0.213 e. The van der Waals surface area contributed by atoms with Gasteiger partial charge in [0.25, 0.3) is 0 Å². The Labute approximate surface area is 94.6 Å². The van der Waals surface area contributed by atoms with E-state index in [1.165, 1.54) is 6.92 Å². The Morgan fingerprint density at radius 2 is 2.25 bits per heavy atom. The highest BCUT2D eigenvalue weighted by atomic mass is 16.5. The van der Waals surface area contributed by atoms with Gasteiger partial charge in [0.15, 0.2) is 5.78 Å². The van der Waals surface area contributed by atoms with Gasteiger partial charge in [0.2, 0.25) is 5.88 Å². The van der Waals surface area contributed by atoms with E-state index in [2.05, 4.69) is 4.98 Å². The summed E-state index contributed by atoms with van der Waals surface area (Å²) in [5.74, 6) is 0.427. The zero-order valence-corrected chi connectivity index (χ0v) is 9.31. The van der Waals surface area contributed by atoms with Gasteiger partial charge in [-0.25, -0.2) is 4.98 Å². The minimum absolute atomic E-state index is 0.00775. The van der Waals surface area contributed by atoms with E-state index in [0.717, 1.165) is 0 Å². The third-order valence-corrected chi connectivity index (χ3v) is 1.88. The van der Waals surface area contributed by atoms with E-state index in [1.54, 1.807) is 18.3 Å². The molecule has 0 bridgehead atoms. The quantitative estimate of drug-likeness (QED) is 0.543. The van der Waals surface area contributed by atoms with Crippen LogP contribution in [0.15, 0.2) is 18.3 Å². The number of ether oxygens (including phenoxy) is 2. The summed E-state index contributed by atoms with van der Waals surface area (Å²) in [4.78, 5) is 15.1. The van der Waals surface area contributed by atoms with E-state index in [4.69, 9.17) is 15.2 Å². The number of aromatic nitrogens is 1. The van der Waals surface area contributed by atoms with Gasteiger partial charge in [0.05, 0.1) is 13.2 Å². The number of carbonyl (C=O) groups excluding carboxylic acids is 1. The lowest BCUT2D eigenvalue weighted by molar-refractivity contribution is 0.101. The molecule has 0 saturated heterocycles. The summed E-state index contributed by atoms with van der Waals surface area (Å²) < 4.78 is 10.5. The van der Waals surface area contributed by atoms with Crippen molar-refractivity contribution in [3.8, 4) is 5.88 Å². The van der Waals surface area contributed by atoms with Gasteiger partial charge >= 0.3 is 0 Å². The lowest BCUT2D eigenvalue weighted by atomic mass is 10.2. The molecule has 0 aromatic carbocycles. The molecule has 2 N–H and O–H groups in total. The molecule has 0 spiro atoms. The van der Waals surface area contributed by atoms with Gasteiger partial charge in [0.1, 0.15) is 6.61 Å². The second-order valence-corrected chi connectivity index (χ2v) is 3.19. The van der Waals surface area contributed by atoms with E-state index in [0.29, 0.717) is 37.8 Å². The summed E-state index contributed by atoms with van der Waals surface area (Å²) in [5, 5.41) is 0. The topological polar surface area (TPSA) is 74.4 Å². The summed E-state index contributed by atoms with van der Waals surface area (Å²) in [7, 11) is 0. The molecule has 1 heterocycles. The zero-order valence-electron chi connectivity index (χ0n) is 9.31. The molecule has 0 fully saturated rings. The highest BCUT2D eigenvalue weighted by Crippen LogP contribution is 2.09. The van der Waals surface area contributed by atoms with Gasteiger partial charge in [-0.15, -0.1) is 0 Å². The Morgan fingerprint density at radius 3 is 2.94 bits per heavy atom. The first-order valence-corrected chi connectivity index (χ1v) is 5.11. The maximum atomic E-state index is 11.1. The molecule has 88 valence electrons. The minimum Gasteiger partial charge on any atom is -0.475 e. The normalized spacial score (nSPS) is 10.1. The van der Waals surface area contributed by atoms with Crippen LogP contribution in [0.1, 0.15) is 17.3 Å². The van der Waals surface area contributed by atoms with Crippen LogP contribution in [-0.2, 0) is 4.74 Å². The van der Waals surface area contributed by atoms with Crippen molar-refractivity contribution in [3.05, 3.63) is 23.9 Å². The lowest BCUT2D eigenvalue weighted by Crippen LogP contribution is -2.13. The predicted molar refractivity (Wildman–Crippen MR) is 59.6 cm³/mol. The number of hydrogen-bond acceptors (Lipinski definition) is 5. The Hall–Kier alpha value is -1.46. The molecule has 5 heteroatoms. The van der Waals surface area contributed by atoms with Crippen LogP contribution in [0.3, 0.4) is 0 Å². The highest BCUT2D eigenvalue weighted by Gasteiger charge is 2.01. The molecule has 1 aromatic rings. The molecule has 1 aromatic heterocycles. The van der Waals surface area contributed by atoms with E-state index in [1.807, 2.05) is 0 Å². The summed E-state index contributed by atoms with van der Waals surface area (Å²) in [6.45, 7) is 3.38. The van der Waals surface area contributed by atoms with Crippen LogP contribution in [-0.4, -0.2) is 37.1 Å². The van der Waals surface area contributed by atoms with Gasteiger partial charge in [-0.3, -0.25) is 4.79 Å². The van der Waals surface area contributed by atoms with Gasteiger partial charge in [-0.2, -0.15) is 0 Å². The molecule has 0 atom stereocenters. The SMILES string of the molecule is CC(=O)c1ccnc(OCCOCCN)c1. The van der Waals surface area contributed by atoms with E-state index < -0.39 is 0 Å². The highest BCUT2D eigenvalue weighted by molar-refractivity contribution is 5.94. The Balaban J connectivity index is 2.36. The number of nitrogens with zero attached hydrogens (tertiary/aromatic N) is 1. The van der Waals surface area contributed by atoms with Crippen molar-refractivity contribution in [2.24, 2.45) is 5.73 Å². The molecular weight excluding hydrogens is 208 g/mol. The summed E-state index contributed by atoms with van der Waals surface area (Å²) in [6, 6.07) is 3.27. The van der Waals surface area contributed by atoms with Crippen molar-refractivity contribution in [2.45, 2.75) is 6.92 Å². The number of carbonyl (C=O) groups is 1. The van der Waals surface area contributed by atoms with Crippen LogP contribution in [0, 0.1) is 0 Å². The number of nitrogens with two attached hydrogens (primary N) is 1. The van der Waals surface area contributed by atoms with E-state index in [-0.39, 0.29) is 5.78 Å². The first-order chi connectivity index (χ1) is 7.74. The minimum atomic E-state index is -0.00775. The average molecular weight is 224 g/mol. The average Bonchev–Trinajstić information content (AvgIpc) is 2.29. The first kappa shape index (κ1) is 12.6. The van der Waals surface area contributed by atoms with Crippen LogP contribution in [0.25, 0.3) is 0 Å². The number of ketones is 1. The van der Waals surface area contributed by atoms with Crippen molar-refractivity contribution in [1.82, 2.24) is 4.98 Å². The number of pyridine rings is 1. The van der Waals surface area contributed by atoms with E-state index in [9.17, 15) is 4.79 Å². The van der Waals surface area contributed by atoms with E-state index >= 15 is 0 Å². The number of hydrogen-bond donors (Lipinski definition) is 1.